The van der Waals surface area contributed by atoms with Gasteiger partial charge in [-0.25, -0.2) is 0 Å². The van der Waals surface area contributed by atoms with Crippen LogP contribution in [0, 0.1) is 11.8 Å². The molecule has 1 aromatic heterocycles. The zero-order valence-electron chi connectivity index (χ0n) is 13.8. The minimum Gasteiger partial charge on any atom is -0.463 e. The smallest absolute Gasteiger partial charge is 0.258 e. The molecule has 2 heterocycles. The van der Waals surface area contributed by atoms with Crippen LogP contribution in [-0.4, -0.2) is 29.3 Å². The molecule has 0 spiro atoms. The number of likely N-dealkylation sites (tertiary alicyclic amines) is 1. The normalized spacial score (nSPS) is 26.0. The summed E-state index contributed by atoms with van der Waals surface area (Å²) < 4.78 is 5.56. The molecule has 0 radical (unpaired) electrons. The van der Waals surface area contributed by atoms with Crippen molar-refractivity contribution in [1.29, 1.82) is 0 Å². The highest BCUT2D eigenvalue weighted by atomic mass is 16.3. The van der Waals surface area contributed by atoms with Gasteiger partial charge in [0.25, 0.3) is 5.91 Å². The maximum atomic E-state index is 13.1. The van der Waals surface area contributed by atoms with Crippen LogP contribution in [0.2, 0.25) is 0 Å². The molecule has 1 saturated carbocycles. The number of carbonyl (C=O) groups excluding carboxylic acids is 2. The number of fused-ring (bicyclic) bond motifs is 2. The number of carbonyl (C=O) groups is 2. The zero-order chi connectivity index (χ0) is 16.8. The molecule has 1 aromatic carbocycles. The quantitative estimate of drug-likeness (QED) is 0.942. The van der Waals surface area contributed by atoms with E-state index in [1.54, 1.807) is 4.90 Å². The Hall–Kier alpha value is -2.30. The summed E-state index contributed by atoms with van der Waals surface area (Å²) in [4.78, 5) is 26.8. The van der Waals surface area contributed by atoms with Crippen molar-refractivity contribution in [2.75, 3.05) is 6.54 Å². The largest absolute Gasteiger partial charge is 0.463 e. The maximum Gasteiger partial charge on any atom is 0.258 e. The molecule has 4 rings (SSSR count). The Kier molecular flexibility index (Phi) is 3.59. The Morgan fingerprint density at radius 2 is 2.17 bits per heavy atom. The Balaban J connectivity index is 1.72. The van der Waals surface area contributed by atoms with Gasteiger partial charge in [0.15, 0.2) is 0 Å². The third-order valence-electron chi connectivity index (χ3n) is 5.72. The van der Waals surface area contributed by atoms with Gasteiger partial charge in [-0.3, -0.25) is 9.59 Å². The fraction of sp³-hybridized carbons (Fsp3) is 0.474. The lowest BCUT2D eigenvalue weighted by Gasteiger charge is -2.24. The van der Waals surface area contributed by atoms with Gasteiger partial charge >= 0.3 is 0 Å². The average molecular weight is 326 g/mol. The molecule has 2 aromatic rings. The van der Waals surface area contributed by atoms with Crippen molar-refractivity contribution >= 4 is 22.8 Å². The summed E-state index contributed by atoms with van der Waals surface area (Å²) in [6.45, 7) is 2.70. The molecule has 24 heavy (non-hydrogen) atoms. The van der Waals surface area contributed by atoms with E-state index >= 15 is 0 Å². The number of aryl methyl sites for hydroxylation is 1. The summed E-state index contributed by atoms with van der Waals surface area (Å²) in [5.74, 6) is 0.0895. The van der Waals surface area contributed by atoms with Gasteiger partial charge < -0.3 is 15.1 Å². The minimum atomic E-state index is -0.482. The van der Waals surface area contributed by atoms with Gasteiger partial charge in [-0.1, -0.05) is 19.4 Å². The second kappa shape index (κ2) is 5.65. The Bertz CT molecular complexity index is 810. The first kappa shape index (κ1) is 15.2. The molecule has 1 saturated heterocycles. The summed E-state index contributed by atoms with van der Waals surface area (Å²) >= 11 is 0. The monoisotopic (exact) mass is 326 g/mol. The maximum absolute atomic E-state index is 13.1. The van der Waals surface area contributed by atoms with Gasteiger partial charge in [-0.15, -0.1) is 0 Å². The van der Waals surface area contributed by atoms with Crippen molar-refractivity contribution in [2.45, 2.75) is 38.6 Å². The fourth-order valence-electron chi connectivity index (χ4n) is 4.50. The van der Waals surface area contributed by atoms with E-state index < -0.39 is 6.04 Å². The van der Waals surface area contributed by atoms with E-state index in [1.807, 2.05) is 18.2 Å². The summed E-state index contributed by atoms with van der Waals surface area (Å²) in [5.41, 5.74) is 8.03. The number of rotatable bonds is 3. The van der Waals surface area contributed by atoms with Crippen LogP contribution in [0.5, 0.6) is 0 Å². The second-order valence-corrected chi connectivity index (χ2v) is 6.99. The lowest BCUT2D eigenvalue weighted by Crippen LogP contribution is -2.46. The van der Waals surface area contributed by atoms with Gasteiger partial charge in [0.1, 0.15) is 17.9 Å². The molecule has 5 heteroatoms. The number of nitrogens with zero attached hydrogens (tertiary/aromatic N) is 1. The van der Waals surface area contributed by atoms with Crippen LogP contribution in [0.3, 0.4) is 0 Å². The highest BCUT2D eigenvalue weighted by molar-refractivity contribution is 6.07. The molecule has 2 N–H and O–H groups in total. The number of furan rings is 1. The molecule has 0 bridgehead atoms. The van der Waals surface area contributed by atoms with Gasteiger partial charge in [-0.05, 0) is 48.8 Å². The third kappa shape index (κ3) is 2.22. The van der Waals surface area contributed by atoms with Crippen LogP contribution < -0.4 is 5.73 Å². The molecule has 1 aliphatic heterocycles. The van der Waals surface area contributed by atoms with E-state index in [2.05, 4.69) is 6.92 Å². The third-order valence-corrected chi connectivity index (χ3v) is 5.72. The SMILES string of the molecule is CCc1ccc2occ(C(=O)N3CC4CCCC4C3C(N)=O)c2c1. The van der Waals surface area contributed by atoms with Gasteiger partial charge in [0.05, 0.1) is 5.56 Å². The minimum absolute atomic E-state index is 0.139. The molecular formula is C19H22N2O3. The van der Waals surface area contributed by atoms with Gasteiger partial charge in [0.2, 0.25) is 5.91 Å². The Morgan fingerprint density at radius 1 is 1.33 bits per heavy atom. The van der Waals surface area contributed by atoms with E-state index in [-0.39, 0.29) is 17.7 Å². The summed E-state index contributed by atoms with van der Waals surface area (Å²) in [5, 5.41) is 0.819. The summed E-state index contributed by atoms with van der Waals surface area (Å²) in [6.07, 6.45) is 5.58. The van der Waals surface area contributed by atoms with E-state index in [1.165, 1.54) is 6.26 Å². The molecule has 3 unspecified atom stereocenters. The van der Waals surface area contributed by atoms with Crippen LogP contribution >= 0.6 is 0 Å². The van der Waals surface area contributed by atoms with E-state index in [4.69, 9.17) is 10.2 Å². The van der Waals surface area contributed by atoms with Gasteiger partial charge in [0, 0.05) is 11.9 Å². The fourth-order valence-corrected chi connectivity index (χ4v) is 4.50. The summed E-state index contributed by atoms with van der Waals surface area (Å²) in [6, 6.07) is 5.42. The number of nitrogens with two attached hydrogens (primary N) is 1. The Labute approximate surface area is 140 Å². The van der Waals surface area contributed by atoms with Crippen molar-refractivity contribution < 1.29 is 14.0 Å². The van der Waals surface area contributed by atoms with Crippen LogP contribution in [0.1, 0.15) is 42.1 Å². The molecule has 1 aliphatic carbocycles. The number of benzene rings is 1. The lowest BCUT2D eigenvalue weighted by atomic mass is 9.93. The van der Waals surface area contributed by atoms with Crippen molar-refractivity contribution in [3.8, 4) is 0 Å². The molecule has 2 fully saturated rings. The van der Waals surface area contributed by atoms with Crippen molar-refractivity contribution in [2.24, 2.45) is 17.6 Å². The van der Waals surface area contributed by atoms with Crippen LogP contribution in [0.4, 0.5) is 0 Å². The molecule has 5 nitrogen and oxygen atoms in total. The van der Waals surface area contributed by atoms with E-state index in [0.717, 1.165) is 36.6 Å². The zero-order valence-corrected chi connectivity index (χ0v) is 13.8. The van der Waals surface area contributed by atoms with Crippen molar-refractivity contribution in [3.05, 3.63) is 35.6 Å². The molecular weight excluding hydrogens is 304 g/mol. The molecule has 126 valence electrons. The second-order valence-electron chi connectivity index (χ2n) is 6.99. The number of hydrogen-bond donors (Lipinski definition) is 1. The molecule has 2 amide bonds. The predicted molar refractivity (Wildman–Crippen MR) is 90.4 cm³/mol. The first-order valence-corrected chi connectivity index (χ1v) is 8.70. The number of primary amides is 1. The highest BCUT2D eigenvalue weighted by Gasteiger charge is 2.49. The highest BCUT2D eigenvalue weighted by Crippen LogP contribution is 2.43. The molecule has 2 aliphatic rings. The first-order chi connectivity index (χ1) is 11.6. The van der Waals surface area contributed by atoms with Crippen molar-refractivity contribution in [3.63, 3.8) is 0 Å². The average Bonchev–Trinajstić information content (AvgIpc) is 3.26. The van der Waals surface area contributed by atoms with Crippen LogP contribution in [0.15, 0.2) is 28.9 Å². The summed E-state index contributed by atoms with van der Waals surface area (Å²) in [7, 11) is 0. The molecule has 3 atom stereocenters. The van der Waals surface area contributed by atoms with E-state index in [9.17, 15) is 9.59 Å². The van der Waals surface area contributed by atoms with Crippen LogP contribution in [0.25, 0.3) is 11.0 Å². The first-order valence-electron chi connectivity index (χ1n) is 8.70. The topological polar surface area (TPSA) is 76.5 Å². The van der Waals surface area contributed by atoms with Gasteiger partial charge in [-0.2, -0.15) is 0 Å². The van der Waals surface area contributed by atoms with Crippen LogP contribution in [-0.2, 0) is 11.2 Å². The number of hydrogen-bond acceptors (Lipinski definition) is 3. The lowest BCUT2D eigenvalue weighted by molar-refractivity contribution is -0.122. The standard InChI is InChI=1S/C19H22N2O3/c1-2-11-6-7-16-14(8-11)15(10-24-16)19(23)21-9-12-4-3-5-13(12)17(21)18(20)22/h6-8,10,12-13,17H,2-5,9H2,1H3,(H2,20,22). The predicted octanol–water partition coefficient (Wildman–Crippen LogP) is 2.72. The van der Waals surface area contributed by atoms with E-state index in [0.29, 0.717) is 23.6 Å². The van der Waals surface area contributed by atoms with Crippen molar-refractivity contribution in [1.82, 2.24) is 4.90 Å². The number of amides is 2. The Morgan fingerprint density at radius 3 is 2.92 bits per heavy atom.